The second-order valence-corrected chi connectivity index (χ2v) is 3.93. The number of rotatable bonds is 10. The highest BCUT2D eigenvalue weighted by Crippen LogP contribution is 1.98. The van der Waals surface area contributed by atoms with Gasteiger partial charge in [-0.2, -0.15) is 0 Å². The van der Waals surface area contributed by atoms with Crippen LogP contribution in [-0.4, -0.2) is 36.4 Å². The maximum Gasteiger partial charge on any atom is 0.407 e. The topological polar surface area (TPSA) is 102 Å². The van der Waals surface area contributed by atoms with E-state index in [4.69, 9.17) is 15.6 Å². The monoisotopic (exact) mass is 294 g/mol. The summed E-state index contributed by atoms with van der Waals surface area (Å²) in [6, 6.07) is -0.823. The normalized spacial score (nSPS) is 11.0. The highest BCUT2D eigenvalue weighted by molar-refractivity contribution is 5.85. The minimum Gasteiger partial charge on any atom is -0.480 e. The van der Waals surface area contributed by atoms with Crippen LogP contribution in [0.3, 0.4) is 0 Å². The zero-order chi connectivity index (χ0) is 13.8. The molecule has 0 radical (unpaired) electrons. The summed E-state index contributed by atoms with van der Waals surface area (Å²) in [5, 5.41) is 11.1. The molecule has 0 heterocycles. The second kappa shape index (κ2) is 13.2. The Morgan fingerprint density at radius 3 is 2.63 bits per heavy atom. The van der Waals surface area contributed by atoms with Crippen molar-refractivity contribution in [1.29, 1.82) is 0 Å². The lowest BCUT2D eigenvalue weighted by molar-refractivity contribution is -0.138. The van der Waals surface area contributed by atoms with Crippen LogP contribution in [0.25, 0.3) is 0 Å². The Hall–Kier alpha value is -1.27. The van der Waals surface area contributed by atoms with Crippen molar-refractivity contribution in [2.75, 3.05) is 13.2 Å². The number of hydrogen-bond donors (Lipinski definition) is 3. The molecular formula is C12H23ClN2O4. The van der Waals surface area contributed by atoms with Crippen molar-refractivity contribution in [2.45, 2.75) is 38.1 Å². The Kier molecular flexibility index (Phi) is 13.9. The van der Waals surface area contributed by atoms with Crippen LogP contribution in [0, 0.1) is 0 Å². The minimum atomic E-state index is -0.996. The van der Waals surface area contributed by atoms with E-state index in [9.17, 15) is 9.59 Å². The number of carbonyl (C=O) groups is 2. The van der Waals surface area contributed by atoms with E-state index in [0.717, 1.165) is 12.8 Å². The lowest BCUT2D eigenvalue weighted by atomic mass is 10.1. The predicted molar refractivity (Wildman–Crippen MR) is 75.5 cm³/mol. The van der Waals surface area contributed by atoms with Crippen LogP contribution in [0.5, 0.6) is 0 Å². The number of allylic oxidation sites excluding steroid dienone is 1. The minimum absolute atomic E-state index is 0. The molecule has 0 spiro atoms. The van der Waals surface area contributed by atoms with Crippen molar-refractivity contribution in [3.05, 3.63) is 12.7 Å². The van der Waals surface area contributed by atoms with Gasteiger partial charge in [0.05, 0.1) is 6.61 Å². The maximum atomic E-state index is 11.1. The number of aliphatic carboxylic acids is 1. The molecule has 0 saturated heterocycles. The van der Waals surface area contributed by atoms with E-state index < -0.39 is 18.1 Å². The van der Waals surface area contributed by atoms with Crippen molar-refractivity contribution in [2.24, 2.45) is 5.73 Å². The second-order valence-electron chi connectivity index (χ2n) is 3.93. The molecule has 1 atom stereocenters. The summed E-state index contributed by atoms with van der Waals surface area (Å²) >= 11 is 0. The van der Waals surface area contributed by atoms with Gasteiger partial charge in [0.2, 0.25) is 0 Å². The molecule has 0 aromatic rings. The van der Waals surface area contributed by atoms with Gasteiger partial charge < -0.3 is 20.9 Å². The number of unbranched alkanes of at least 4 members (excludes halogenated alkanes) is 2. The first kappa shape index (κ1) is 20.1. The van der Waals surface area contributed by atoms with Crippen LogP contribution in [0.2, 0.25) is 0 Å². The molecule has 0 aromatic carbocycles. The first-order chi connectivity index (χ1) is 8.57. The van der Waals surface area contributed by atoms with E-state index in [1.54, 1.807) is 6.08 Å². The molecule has 0 rings (SSSR count). The Morgan fingerprint density at radius 2 is 2.05 bits per heavy atom. The highest BCUT2D eigenvalue weighted by atomic mass is 35.5. The van der Waals surface area contributed by atoms with Gasteiger partial charge in [-0.1, -0.05) is 6.08 Å². The molecule has 0 aliphatic carbocycles. The molecule has 19 heavy (non-hydrogen) atoms. The Balaban J connectivity index is 0. The van der Waals surface area contributed by atoms with Crippen molar-refractivity contribution in [3.63, 3.8) is 0 Å². The van der Waals surface area contributed by atoms with Gasteiger partial charge in [-0.15, -0.1) is 19.0 Å². The standard InChI is InChI=1S/C12H22N2O4.ClH/c1-2-3-6-9-18-12(17)14-8-5-4-7-10(13)11(15)16;/h2,10H,1,3-9,13H2,(H,14,17)(H,15,16);1H/t10-;/m0./s1. The van der Waals surface area contributed by atoms with Crippen molar-refractivity contribution < 1.29 is 19.4 Å². The summed E-state index contributed by atoms with van der Waals surface area (Å²) < 4.78 is 4.89. The Morgan fingerprint density at radius 1 is 1.37 bits per heavy atom. The van der Waals surface area contributed by atoms with E-state index >= 15 is 0 Å². The molecule has 0 aliphatic heterocycles. The molecule has 0 aromatic heterocycles. The molecule has 0 aliphatic rings. The number of nitrogens with two attached hydrogens (primary N) is 1. The van der Waals surface area contributed by atoms with Crippen LogP contribution in [-0.2, 0) is 9.53 Å². The molecule has 0 fully saturated rings. The van der Waals surface area contributed by atoms with Gasteiger partial charge in [0.15, 0.2) is 0 Å². The van der Waals surface area contributed by atoms with Crippen molar-refractivity contribution in [1.82, 2.24) is 5.32 Å². The van der Waals surface area contributed by atoms with Gasteiger partial charge in [-0.3, -0.25) is 4.79 Å². The van der Waals surface area contributed by atoms with Gasteiger partial charge in [0, 0.05) is 6.54 Å². The van der Waals surface area contributed by atoms with Crippen molar-refractivity contribution >= 4 is 24.5 Å². The number of ether oxygens (including phenoxy) is 1. The van der Waals surface area contributed by atoms with E-state index in [0.29, 0.717) is 32.4 Å². The molecule has 1 amide bonds. The summed E-state index contributed by atoms with van der Waals surface area (Å²) in [5.74, 6) is -0.996. The lowest BCUT2D eigenvalue weighted by Crippen LogP contribution is -2.30. The fraction of sp³-hybridized carbons (Fsp3) is 0.667. The molecular weight excluding hydrogens is 272 g/mol. The number of nitrogens with one attached hydrogen (secondary N) is 1. The number of amides is 1. The van der Waals surface area contributed by atoms with Crippen LogP contribution in [0.15, 0.2) is 12.7 Å². The summed E-state index contributed by atoms with van der Waals surface area (Å²) in [7, 11) is 0. The predicted octanol–water partition coefficient (Wildman–Crippen LogP) is 1.68. The zero-order valence-corrected chi connectivity index (χ0v) is 11.8. The third-order valence-corrected chi connectivity index (χ3v) is 2.31. The first-order valence-corrected chi connectivity index (χ1v) is 6.07. The number of carboxylic acid groups (broad SMARTS) is 1. The number of alkyl carbamates (subject to hydrolysis) is 1. The van der Waals surface area contributed by atoms with Gasteiger partial charge in [-0.25, -0.2) is 4.79 Å². The largest absolute Gasteiger partial charge is 0.480 e. The SMILES string of the molecule is C=CCCCOC(=O)NCCCC[C@H](N)C(=O)O.Cl. The van der Waals surface area contributed by atoms with Crippen LogP contribution >= 0.6 is 12.4 Å². The molecule has 0 saturated carbocycles. The summed E-state index contributed by atoms with van der Waals surface area (Å²) in [5.41, 5.74) is 5.33. The summed E-state index contributed by atoms with van der Waals surface area (Å²) in [4.78, 5) is 21.6. The molecule has 112 valence electrons. The van der Waals surface area contributed by atoms with Gasteiger partial charge in [0.1, 0.15) is 6.04 Å². The third kappa shape index (κ3) is 13.0. The first-order valence-electron chi connectivity index (χ1n) is 6.07. The molecule has 7 heteroatoms. The van der Waals surface area contributed by atoms with Crippen LogP contribution in [0.1, 0.15) is 32.1 Å². The molecule has 4 N–H and O–H groups in total. The zero-order valence-electron chi connectivity index (χ0n) is 11.0. The van der Waals surface area contributed by atoms with Crippen molar-refractivity contribution in [3.8, 4) is 0 Å². The highest BCUT2D eigenvalue weighted by Gasteiger charge is 2.10. The van der Waals surface area contributed by atoms with Gasteiger partial charge in [0.25, 0.3) is 0 Å². The number of hydrogen-bond acceptors (Lipinski definition) is 4. The van der Waals surface area contributed by atoms with Gasteiger partial charge >= 0.3 is 12.1 Å². The van der Waals surface area contributed by atoms with E-state index in [-0.39, 0.29) is 12.4 Å². The molecule has 0 bridgehead atoms. The summed E-state index contributed by atoms with van der Waals surface area (Å²) in [6.45, 7) is 4.41. The average molecular weight is 295 g/mol. The Bertz CT molecular complexity index is 274. The quantitative estimate of drug-likeness (QED) is 0.420. The fourth-order valence-corrected chi connectivity index (χ4v) is 1.25. The lowest BCUT2D eigenvalue weighted by Gasteiger charge is -2.07. The number of carbonyl (C=O) groups excluding carboxylic acids is 1. The molecule has 0 unspecified atom stereocenters. The maximum absolute atomic E-state index is 11.1. The van der Waals surface area contributed by atoms with Crippen LogP contribution < -0.4 is 11.1 Å². The number of carboxylic acids is 1. The number of halogens is 1. The van der Waals surface area contributed by atoms with Gasteiger partial charge in [-0.05, 0) is 32.1 Å². The van der Waals surface area contributed by atoms with E-state index in [1.807, 2.05) is 0 Å². The fourth-order valence-electron chi connectivity index (χ4n) is 1.25. The van der Waals surface area contributed by atoms with Crippen LogP contribution in [0.4, 0.5) is 4.79 Å². The third-order valence-electron chi connectivity index (χ3n) is 2.31. The average Bonchev–Trinajstić information content (AvgIpc) is 2.33. The van der Waals surface area contributed by atoms with E-state index in [2.05, 4.69) is 11.9 Å². The smallest absolute Gasteiger partial charge is 0.407 e. The Labute approximate surface area is 119 Å². The molecule has 6 nitrogen and oxygen atoms in total. The summed E-state index contributed by atoms with van der Waals surface area (Å²) in [6.07, 6.45) is 4.66. The van der Waals surface area contributed by atoms with E-state index in [1.165, 1.54) is 0 Å².